The summed E-state index contributed by atoms with van der Waals surface area (Å²) in [5.41, 5.74) is 7.19. The van der Waals surface area contributed by atoms with E-state index in [9.17, 15) is 10.1 Å². The van der Waals surface area contributed by atoms with Crippen LogP contribution in [0.4, 0.5) is 5.69 Å². The van der Waals surface area contributed by atoms with Gasteiger partial charge < -0.3 is 5.73 Å². The van der Waals surface area contributed by atoms with Crippen LogP contribution in [0.3, 0.4) is 0 Å². The smallest absolute Gasteiger partial charge is 0.269 e. The van der Waals surface area contributed by atoms with E-state index in [2.05, 4.69) is 21.0 Å². The molecular weight excluding hydrogens is 300 g/mol. The number of hydrogen-bond acceptors (Lipinski definition) is 4. The molecule has 6 nitrogen and oxygen atoms in total. The lowest BCUT2D eigenvalue weighted by Gasteiger charge is -2.00. The van der Waals surface area contributed by atoms with Gasteiger partial charge >= 0.3 is 0 Å². The maximum Gasteiger partial charge on any atom is 0.269 e. The normalized spacial score (nSPS) is 10.6. The van der Waals surface area contributed by atoms with E-state index in [1.54, 1.807) is 16.8 Å². The number of nitro benzene ring substituents is 1. The summed E-state index contributed by atoms with van der Waals surface area (Å²) in [7, 11) is 0. The average molecular weight is 311 g/mol. The second-order valence-electron chi connectivity index (χ2n) is 3.68. The van der Waals surface area contributed by atoms with Crippen LogP contribution in [0.15, 0.2) is 34.9 Å². The Hall–Kier alpha value is -1.73. The van der Waals surface area contributed by atoms with Crippen LogP contribution in [-0.2, 0) is 6.42 Å². The minimum atomic E-state index is -0.428. The molecule has 0 atom stereocenters. The van der Waals surface area contributed by atoms with Gasteiger partial charge in [-0.1, -0.05) is 0 Å². The molecule has 0 amide bonds. The summed E-state index contributed by atoms with van der Waals surface area (Å²) in [6.07, 6.45) is 2.49. The predicted molar refractivity (Wildman–Crippen MR) is 70.7 cm³/mol. The van der Waals surface area contributed by atoms with Crippen molar-refractivity contribution >= 4 is 21.6 Å². The van der Waals surface area contributed by atoms with Crippen LogP contribution in [0.2, 0.25) is 0 Å². The van der Waals surface area contributed by atoms with Gasteiger partial charge in [-0.3, -0.25) is 10.1 Å². The molecule has 18 heavy (non-hydrogen) atoms. The van der Waals surface area contributed by atoms with E-state index in [0.29, 0.717) is 13.0 Å². The molecule has 0 aliphatic rings. The third kappa shape index (κ3) is 2.57. The van der Waals surface area contributed by atoms with Gasteiger partial charge in [-0.2, -0.15) is 5.10 Å². The number of nitrogens with two attached hydrogens (primary N) is 1. The van der Waals surface area contributed by atoms with Crippen LogP contribution in [0.25, 0.3) is 5.69 Å². The van der Waals surface area contributed by atoms with Gasteiger partial charge in [0, 0.05) is 24.8 Å². The molecule has 1 aromatic carbocycles. The number of aromatic nitrogens is 2. The molecule has 0 fully saturated rings. The summed E-state index contributed by atoms with van der Waals surface area (Å²) in [5, 5.41) is 14.9. The average Bonchev–Trinajstić information content (AvgIpc) is 2.72. The van der Waals surface area contributed by atoms with Gasteiger partial charge in [-0.25, -0.2) is 4.68 Å². The SMILES string of the molecule is NCCc1nn(-c2ccc([N+](=O)[O-])cc2)cc1Br. The number of non-ortho nitro benzene ring substituents is 1. The van der Waals surface area contributed by atoms with Gasteiger partial charge in [-0.15, -0.1) is 0 Å². The van der Waals surface area contributed by atoms with Gasteiger partial charge in [0.05, 0.1) is 20.8 Å². The summed E-state index contributed by atoms with van der Waals surface area (Å²) in [6, 6.07) is 6.22. The number of nitro groups is 1. The second kappa shape index (κ2) is 5.28. The Morgan fingerprint density at radius 2 is 2.06 bits per heavy atom. The highest BCUT2D eigenvalue weighted by molar-refractivity contribution is 9.10. The Labute approximate surface area is 112 Å². The largest absolute Gasteiger partial charge is 0.330 e. The van der Waals surface area contributed by atoms with E-state index in [1.807, 2.05) is 6.20 Å². The lowest BCUT2D eigenvalue weighted by molar-refractivity contribution is -0.384. The Morgan fingerprint density at radius 3 is 2.61 bits per heavy atom. The fourth-order valence-electron chi connectivity index (χ4n) is 1.55. The number of benzene rings is 1. The van der Waals surface area contributed by atoms with Crippen molar-refractivity contribution in [3.8, 4) is 5.69 Å². The fourth-order valence-corrected chi connectivity index (χ4v) is 2.03. The molecule has 0 bridgehead atoms. The zero-order valence-electron chi connectivity index (χ0n) is 9.41. The van der Waals surface area contributed by atoms with Gasteiger partial charge in [-0.05, 0) is 34.6 Å². The quantitative estimate of drug-likeness (QED) is 0.691. The zero-order valence-corrected chi connectivity index (χ0v) is 11.0. The Bertz CT molecular complexity index is 565. The number of nitrogens with zero attached hydrogens (tertiary/aromatic N) is 3. The predicted octanol–water partition coefficient (Wildman–Crippen LogP) is 2.04. The standard InChI is InChI=1S/C11H11BrN4O2/c12-10-7-15(14-11(10)5-6-13)8-1-3-9(4-2-8)16(17)18/h1-4,7H,5-6,13H2. The van der Waals surface area contributed by atoms with Gasteiger partial charge in [0.25, 0.3) is 5.69 Å². The molecule has 1 aromatic heterocycles. The monoisotopic (exact) mass is 310 g/mol. The first-order chi connectivity index (χ1) is 8.61. The molecule has 0 aliphatic heterocycles. The highest BCUT2D eigenvalue weighted by atomic mass is 79.9. The van der Waals surface area contributed by atoms with Crippen LogP contribution >= 0.6 is 15.9 Å². The summed E-state index contributed by atoms with van der Waals surface area (Å²) < 4.78 is 2.55. The number of halogens is 1. The Balaban J connectivity index is 2.31. The molecule has 94 valence electrons. The van der Waals surface area contributed by atoms with Gasteiger partial charge in [0.1, 0.15) is 0 Å². The van der Waals surface area contributed by atoms with Crippen LogP contribution in [0.1, 0.15) is 5.69 Å². The molecule has 0 radical (unpaired) electrons. The van der Waals surface area contributed by atoms with Crippen molar-refractivity contribution in [1.29, 1.82) is 0 Å². The van der Waals surface area contributed by atoms with Crippen LogP contribution in [0.5, 0.6) is 0 Å². The zero-order chi connectivity index (χ0) is 13.1. The molecule has 0 saturated carbocycles. The molecule has 0 saturated heterocycles. The first kappa shape index (κ1) is 12.7. The minimum absolute atomic E-state index is 0.0622. The van der Waals surface area contributed by atoms with Crippen LogP contribution in [0, 0.1) is 10.1 Å². The molecule has 2 rings (SSSR count). The third-order valence-corrected chi connectivity index (χ3v) is 3.11. The lowest BCUT2D eigenvalue weighted by atomic mass is 10.3. The van der Waals surface area contributed by atoms with Crippen molar-refractivity contribution in [3.63, 3.8) is 0 Å². The van der Waals surface area contributed by atoms with E-state index in [1.165, 1.54) is 12.1 Å². The lowest BCUT2D eigenvalue weighted by Crippen LogP contribution is -2.04. The highest BCUT2D eigenvalue weighted by Crippen LogP contribution is 2.20. The van der Waals surface area contributed by atoms with Crippen molar-refractivity contribution < 1.29 is 4.92 Å². The molecule has 2 aromatic rings. The Kier molecular flexibility index (Phi) is 3.73. The summed E-state index contributed by atoms with van der Waals surface area (Å²) in [4.78, 5) is 10.1. The van der Waals surface area contributed by atoms with Crippen LogP contribution in [-0.4, -0.2) is 21.2 Å². The molecule has 0 aliphatic carbocycles. The van der Waals surface area contributed by atoms with Gasteiger partial charge in [0.15, 0.2) is 0 Å². The van der Waals surface area contributed by atoms with E-state index in [4.69, 9.17) is 5.73 Å². The molecule has 1 heterocycles. The maximum absolute atomic E-state index is 10.6. The Morgan fingerprint density at radius 1 is 1.39 bits per heavy atom. The van der Waals surface area contributed by atoms with E-state index >= 15 is 0 Å². The molecule has 0 unspecified atom stereocenters. The summed E-state index contributed by atoms with van der Waals surface area (Å²) >= 11 is 3.41. The summed E-state index contributed by atoms with van der Waals surface area (Å²) in [6.45, 7) is 0.524. The fraction of sp³-hybridized carbons (Fsp3) is 0.182. The minimum Gasteiger partial charge on any atom is -0.330 e. The van der Waals surface area contributed by atoms with Crippen molar-refractivity contribution in [1.82, 2.24) is 9.78 Å². The van der Waals surface area contributed by atoms with Gasteiger partial charge in [0.2, 0.25) is 0 Å². The molecule has 2 N–H and O–H groups in total. The second-order valence-corrected chi connectivity index (χ2v) is 4.53. The highest BCUT2D eigenvalue weighted by Gasteiger charge is 2.09. The van der Waals surface area contributed by atoms with Crippen molar-refractivity contribution in [2.24, 2.45) is 5.73 Å². The van der Waals surface area contributed by atoms with Crippen LogP contribution < -0.4 is 5.73 Å². The van der Waals surface area contributed by atoms with E-state index in [0.717, 1.165) is 15.9 Å². The molecule has 0 spiro atoms. The maximum atomic E-state index is 10.6. The molecule has 7 heteroatoms. The number of hydrogen-bond donors (Lipinski definition) is 1. The van der Waals surface area contributed by atoms with E-state index < -0.39 is 4.92 Å². The topological polar surface area (TPSA) is 87.0 Å². The number of rotatable bonds is 4. The first-order valence-electron chi connectivity index (χ1n) is 5.30. The van der Waals surface area contributed by atoms with E-state index in [-0.39, 0.29) is 5.69 Å². The first-order valence-corrected chi connectivity index (χ1v) is 6.10. The third-order valence-electron chi connectivity index (χ3n) is 2.45. The van der Waals surface area contributed by atoms with Crippen molar-refractivity contribution in [3.05, 3.63) is 50.7 Å². The van der Waals surface area contributed by atoms with Crippen molar-refractivity contribution in [2.45, 2.75) is 6.42 Å². The van der Waals surface area contributed by atoms with Crippen molar-refractivity contribution in [2.75, 3.05) is 6.54 Å². The summed E-state index contributed by atoms with van der Waals surface area (Å²) in [5.74, 6) is 0. The molecular formula is C11H11BrN4O2.